The first-order valence-electron chi connectivity index (χ1n) is 4.28. The van der Waals surface area contributed by atoms with E-state index in [1.54, 1.807) is 18.4 Å². The van der Waals surface area contributed by atoms with E-state index in [4.69, 9.17) is 4.74 Å². The number of aldehydes is 1. The van der Waals surface area contributed by atoms with Gasteiger partial charge in [0.1, 0.15) is 5.75 Å². The van der Waals surface area contributed by atoms with Crippen LogP contribution in [0.5, 0.6) is 5.75 Å². The Labute approximate surface area is 86.1 Å². The van der Waals surface area contributed by atoms with Crippen molar-refractivity contribution in [1.82, 2.24) is 0 Å². The van der Waals surface area contributed by atoms with Crippen molar-refractivity contribution in [2.24, 2.45) is 0 Å². The number of rotatable bonds is 2. The molecule has 0 aliphatic carbocycles. The SMILES string of the molecule is COc1cc2ccsc2c(C)c1C=O. The Hall–Kier alpha value is -1.35. The number of hydrogen-bond donors (Lipinski definition) is 0. The van der Waals surface area contributed by atoms with E-state index in [0.717, 1.165) is 21.9 Å². The van der Waals surface area contributed by atoms with Gasteiger partial charge >= 0.3 is 0 Å². The van der Waals surface area contributed by atoms with E-state index < -0.39 is 0 Å². The highest BCUT2D eigenvalue weighted by Gasteiger charge is 2.10. The molecule has 0 aliphatic heterocycles. The van der Waals surface area contributed by atoms with Gasteiger partial charge in [0.05, 0.1) is 12.7 Å². The summed E-state index contributed by atoms with van der Waals surface area (Å²) in [6, 6.07) is 3.94. The Morgan fingerprint density at radius 2 is 2.29 bits per heavy atom. The maximum absolute atomic E-state index is 10.9. The number of ether oxygens (including phenoxy) is 1. The molecule has 0 fully saturated rings. The molecule has 0 atom stereocenters. The summed E-state index contributed by atoms with van der Waals surface area (Å²) in [5.41, 5.74) is 1.66. The number of fused-ring (bicyclic) bond motifs is 1. The molecule has 2 aromatic rings. The van der Waals surface area contributed by atoms with Gasteiger partial charge in [-0.1, -0.05) is 0 Å². The number of carbonyl (C=O) groups excluding carboxylic acids is 1. The molecule has 2 nitrogen and oxygen atoms in total. The van der Waals surface area contributed by atoms with Crippen molar-refractivity contribution in [3.8, 4) is 5.75 Å². The first-order valence-corrected chi connectivity index (χ1v) is 5.16. The van der Waals surface area contributed by atoms with E-state index in [2.05, 4.69) is 0 Å². The average molecular weight is 206 g/mol. The predicted molar refractivity (Wildman–Crippen MR) is 58.5 cm³/mol. The van der Waals surface area contributed by atoms with Crippen LogP contribution in [-0.4, -0.2) is 13.4 Å². The van der Waals surface area contributed by atoms with Gasteiger partial charge in [0, 0.05) is 4.70 Å². The highest BCUT2D eigenvalue weighted by atomic mass is 32.1. The summed E-state index contributed by atoms with van der Waals surface area (Å²) >= 11 is 1.65. The highest BCUT2D eigenvalue weighted by Crippen LogP contribution is 2.32. The standard InChI is InChI=1S/C11H10O2S/c1-7-9(6-12)10(13-2)5-8-3-4-14-11(7)8/h3-6H,1-2H3. The minimum atomic E-state index is 0.655. The van der Waals surface area contributed by atoms with Gasteiger partial charge < -0.3 is 4.74 Å². The van der Waals surface area contributed by atoms with Crippen LogP contribution in [0.15, 0.2) is 17.5 Å². The van der Waals surface area contributed by atoms with Crippen LogP contribution >= 0.6 is 11.3 Å². The molecule has 0 bridgehead atoms. The van der Waals surface area contributed by atoms with Crippen LogP contribution < -0.4 is 4.74 Å². The molecule has 1 heterocycles. The number of benzene rings is 1. The lowest BCUT2D eigenvalue weighted by Crippen LogP contribution is -1.93. The van der Waals surface area contributed by atoms with Crippen molar-refractivity contribution >= 4 is 27.7 Å². The molecule has 0 aliphatic rings. The van der Waals surface area contributed by atoms with E-state index in [9.17, 15) is 4.79 Å². The fourth-order valence-corrected chi connectivity index (χ4v) is 2.48. The molecule has 0 unspecified atom stereocenters. The summed E-state index contributed by atoms with van der Waals surface area (Å²) in [6.45, 7) is 1.95. The lowest BCUT2D eigenvalue weighted by atomic mass is 10.1. The number of aryl methyl sites for hydroxylation is 1. The molecule has 0 saturated carbocycles. The molecule has 72 valence electrons. The first kappa shape index (κ1) is 9.21. The van der Waals surface area contributed by atoms with Crippen molar-refractivity contribution in [3.05, 3.63) is 28.6 Å². The van der Waals surface area contributed by atoms with Crippen LogP contribution in [0.3, 0.4) is 0 Å². The predicted octanol–water partition coefficient (Wildman–Crippen LogP) is 3.03. The Morgan fingerprint density at radius 3 is 2.93 bits per heavy atom. The van der Waals surface area contributed by atoms with Crippen LogP contribution in [0.1, 0.15) is 15.9 Å². The van der Waals surface area contributed by atoms with Crippen molar-refractivity contribution in [3.63, 3.8) is 0 Å². The third-order valence-corrected chi connectivity index (χ3v) is 3.38. The zero-order valence-electron chi connectivity index (χ0n) is 8.03. The Kier molecular flexibility index (Phi) is 2.25. The molecule has 0 saturated heterocycles. The molecule has 0 amide bonds. The number of thiophene rings is 1. The molecule has 14 heavy (non-hydrogen) atoms. The molecule has 2 rings (SSSR count). The maximum atomic E-state index is 10.9. The van der Waals surface area contributed by atoms with Gasteiger partial charge in [0.2, 0.25) is 0 Å². The first-order chi connectivity index (χ1) is 6.77. The Morgan fingerprint density at radius 1 is 1.50 bits per heavy atom. The molecular weight excluding hydrogens is 196 g/mol. The second kappa shape index (κ2) is 3.42. The number of methoxy groups -OCH3 is 1. The van der Waals surface area contributed by atoms with Gasteiger partial charge in [0.15, 0.2) is 6.29 Å². The molecule has 0 N–H and O–H groups in total. The largest absolute Gasteiger partial charge is 0.496 e. The third-order valence-electron chi connectivity index (χ3n) is 2.33. The van der Waals surface area contributed by atoms with E-state index in [0.29, 0.717) is 11.3 Å². The van der Waals surface area contributed by atoms with Crippen molar-refractivity contribution in [2.75, 3.05) is 7.11 Å². The summed E-state index contributed by atoms with van der Waals surface area (Å²) in [6.07, 6.45) is 0.854. The second-order valence-corrected chi connectivity index (χ2v) is 3.99. The highest BCUT2D eigenvalue weighted by molar-refractivity contribution is 7.17. The van der Waals surface area contributed by atoms with Crippen LogP contribution in [-0.2, 0) is 0 Å². The van der Waals surface area contributed by atoms with Crippen molar-refractivity contribution in [1.29, 1.82) is 0 Å². The van der Waals surface area contributed by atoms with E-state index >= 15 is 0 Å². The number of hydrogen-bond acceptors (Lipinski definition) is 3. The van der Waals surface area contributed by atoms with Gasteiger partial charge in [-0.25, -0.2) is 0 Å². The third kappa shape index (κ3) is 1.21. The van der Waals surface area contributed by atoms with Crippen molar-refractivity contribution in [2.45, 2.75) is 6.92 Å². The molecule has 1 aromatic carbocycles. The van der Waals surface area contributed by atoms with Gasteiger partial charge in [-0.2, -0.15) is 0 Å². The lowest BCUT2D eigenvalue weighted by Gasteiger charge is -2.07. The monoisotopic (exact) mass is 206 g/mol. The maximum Gasteiger partial charge on any atom is 0.154 e. The fourth-order valence-electron chi connectivity index (χ4n) is 1.58. The van der Waals surface area contributed by atoms with Gasteiger partial charge in [0.25, 0.3) is 0 Å². The summed E-state index contributed by atoms with van der Waals surface area (Å²) in [7, 11) is 1.58. The van der Waals surface area contributed by atoms with Crippen LogP contribution in [0.25, 0.3) is 10.1 Å². The van der Waals surface area contributed by atoms with E-state index in [1.807, 2.05) is 24.4 Å². The van der Waals surface area contributed by atoms with Crippen LogP contribution in [0.2, 0.25) is 0 Å². The summed E-state index contributed by atoms with van der Waals surface area (Å²) in [5.74, 6) is 0.656. The number of carbonyl (C=O) groups is 1. The smallest absolute Gasteiger partial charge is 0.154 e. The van der Waals surface area contributed by atoms with Crippen LogP contribution in [0, 0.1) is 6.92 Å². The Bertz CT molecular complexity index is 485. The van der Waals surface area contributed by atoms with Crippen LogP contribution in [0.4, 0.5) is 0 Å². The zero-order valence-corrected chi connectivity index (χ0v) is 8.85. The summed E-state index contributed by atoms with van der Waals surface area (Å²) < 4.78 is 6.33. The minimum Gasteiger partial charge on any atom is -0.496 e. The topological polar surface area (TPSA) is 26.3 Å². The average Bonchev–Trinajstić information content (AvgIpc) is 2.65. The summed E-state index contributed by atoms with van der Waals surface area (Å²) in [5, 5.41) is 3.15. The van der Waals surface area contributed by atoms with Gasteiger partial charge in [-0.3, -0.25) is 4.79 Å². The summed E-state index contributed by atoms with van der Waals surface area (Å²) in [4.78, 5) is 10.9. The lowest BCUT2D eigenvalue weighted by molar-refractivity contribution is 0.112. The van der Waals surface area contributed by atoms with Gasteiger partial charge in [-0.15, -0.1) is 11.3 Å². The van der Waals surface area contributed by atoms with E-state index in [1.165, 1.54) is 0 Å². The molecule has 1 aromatic heterocycles. The van der Waals surface area contributed by atoms with Crippen molar-refractivity contribution < 1.29 is 9.53 Å². The Balaban J connectivity index is 2.85. The molecule has 0 radical (unpaired) electrons. The zero-order chi connectivity index (χ0) is 10.1. The minimum absolute atomic E-state index is 0.655. The van der Waals surface area contributed by atoms with E-state index in [-0.39, 0.29) is 0 Å². The molecule has 0 spiro atoms. The fraction of sp³-hybridized carbons (Fsp3) is 0.182. The molecule has 3 heteroatoms. The normalized spacial score (nSPS) is 10.4. The second-order valence-electron chi connectivity index (χ2n) is 3.07. The quantitative estimate of drug-likeness (QED) is 0.706. The molecular formula is C11H10O2S. The van der Waals surface area contributed by atoms with Gasteiger partial charge in [-0.05, 0) is 35.4 Å².